The maximum Gasteiger partial charge on any atom is 0.137 e. The van der Waals surface area contributed by atoms with Gasteiger partial charge >= 0.3 is 0 Å². The number of pyridine rings is 1. The van der Waals surface area contributed by atoms with E-state index in [0.29, 0.717) is 5.02 Å². The van der Waals surface area contributed by atoms with E-state index < -0.39 is 0 Å². The Labute approximate surface area is 128 Å². The van der Waals surface area contributed by atoms with Crippen LogP contribution in [0.4, 0.5) is 0 Å². The van der Waals surface area contributed by atoms with Crippen LogP contribution in [0, 0.1) is 0 Å². The quantitative estimate of drug-likeness (QED) is 0.788. The molecule has 0 bridgehead atoms. The number of nitrogens with one attached hydrogen (secondary N) is 1. The lowest BCUT2D eigenvalue weighted by Gasteiger charge is -2.01. The van der Waals surface area contributed by atoms with E-state index in [2.05, 4.69) is 28.5 Å². The van der Waals surface area contributed by atoms with Gasteiger partial charge < -0.3 is 9.72 Å². The summed E-state index contributed by atoms with van der Waals surface area (Å²) < 4.78 is 3.81. The van der Waals surface area contributed by atoms with E-state index in [9.17, 15) is 0 Å². The first kappa shape index (κ1) is 14.1. The van der Waals surface area contributed by atoms with E-state index in [4.69, 9.17) is 11.6 Å². The molecule has 0 aliphatic carbocycles. The average Bonchev–Trinajstić information content (AvgIpc) is 3.01. The van der Waals surface area contributed by atoms with Crippen molar-refractivity contribution in [1.82, 2.24) is 24.5 Å². The number of fused-ring (bicyclic) bond motifs is 1. The van der Waals surface area contributed by atoms with Gasteiger partial charge in [-0.15, -0.1) is 0 Å². The first-order chi connectivity index (χ1) is 10.2. The maximum atomic E-state index is 5.97. The summed E-state index contributed by atoms with van der Waals surface area (Å²) in [7, 11) is 1.95. The molecule has 0 aliphatic rings. The predicted molar refractivity (Wildman–Crippen MR) is 83.3 cm³/mol. The first-order valence-corrected chi connectivity index (χ1v) is 7.38. The molecule has 3 aromatic heterocycles. The fraction of sp³-hybridized carbons (Fsp3) is 0.333. The molecule has 5 nitrogen and oxygen atoms in total. The third-order valence-electron chi connectivity index (χ3n) is 3.41. The lowest BCUT2D eigenvalue weighted by atomic mass is 10.2. The van der Waals surface area contributed by atoms with Gasteiger partial charge in [0.15, 0.2) is 0 Å². The summed E-state index contributed by atoms with van der Waals surface area (Å²) in [5.74, 6) is 0. The van der Waals surface area contributed by atoms with Crippen molar-refractivity contribution in [2.24, 2.45) is 7.05 Å². The molecule has 3 aromatic rings. The monoisotopic (exact) mass is 303 g/mol. The highest BCUT2D eigenvalue weighted by molar-refractivity contribution is 6.30. The molecule has 0 aromatic carbocycles. The molecule has 110 valence electrons. The first-order valence-electron chi connectivity index (χ1n) is 7.01. The fourth-order valence-corrected chi connectivity index (χ4v) is 2.62. The van der Waals surface area contributed by atoms with Crippen LogP contribution in [-0.4, -0.2) is 19.2 Å². The van der Waals surface area contributed by atoms with Gasteiger partial charge in [-0.25, -0.2) is 4.98 Å². The van der Waals surface area contributed by atoms with Crippen LogP contribution in [0.15, 0.2) is 30.7 Å². The molecule has 0 fully saturated rings. The van der Waals surface area contributed by atoms with Gasteiger partial charge in [0, 0.05) is 44.3 Å². The van der Waals surface area contributed by atoms with Gasteiger partial charge in [0.2, 0.25) is 0 Å². The van der Waals surface area contributed by atoms with E-state index >= 15 is 0 Å². The van der Waals surface area contributed by atoms with Gasteiger partial charge in [-0.05, 0) is 18.6 Å². The minimum Gasteiger partial charge on any atom is -0.307 e. The van der Waals surface area contributed by atoms with Crippen molar-refractivity contribution < 1.29 is 0 Å². The van der Waals surface area contributed by atoms with Crippen molar-refractivity contribution in [3.05, 3.63) is 52.7 Å². The van der Waals surface area contributed by atoms with Gasteiger partial charge in [-0.3, -0.25) is 4.68 Å². The summed E-state index contributed by atoms with van der Waals surface area (Å²) in [4.78, 5) is 4.55. The number of rotatable bonds is 5. The number of halogens is 1. The Morgan fingerprint density at radius 3 is 2.86 bits per heavy atom. The minimum absolute atomic E-state index is 0.711. The van der Waals surface area contributed by atoms with Gasteiger partial charge in [-0.1, -0.05) is 18.5 Å². The van der Waals surface area contributed by atoms with Crippen molar-refractivity contribution in [2.45, 2.75) is 26.4 Å². The molecular weight excluding hydrogens is 286 g/mol. The average molecular weight is 304 g/mol. The largest absolute Gasteiger partial charge is 0.307 e. The second kappa shape index (κ2) is 5.87. The van der Waals surface area contributed by atoms with Crippen LogP contribution in [0.3, 0.4) is 0 Å². The van der Waals surface area contributed by atoms with Gasteiger partial charge in [0.05, 0.1) is 16.4 Å². The fourth-order valence-electron chi connectivity index (χ4n) is 2.46. The lowest BCUT2D eigenvalue weighted by molar-refractivity contribution is 0.678. The SMILES string of the molecule is CCc1nn(C)cc1CNCc1cn2cc(Cl)ccc2n1. The molecule has 0 radical (unpaired) electrons. The molecule has 21 heavy (non-hydrogen) atoms. The maximum absolute atomic E-state index is 5.97. The molecule has 3 heterocycles. The molecular formula is C15H18ClN5. The highest BCUT2D eigenvalue weighted by atomic mass is 35.5. The molecule has 6 heteroatoms. The molecule has 0 saturated heterocycles. The number of hydrogen-bond donors (Lipinski definition) is 1. The second-order valence-electron chi connectivity index (χ2n) is 5.08. The Hall–Kier alpha value is -1.85. The molecule has 0 atom stereocenters. The van der Waals surface area contributed by atoms with Gasteiger partial charge in [0.1, 0.15) is 5.65 Å². The van der Waals surface area contributed by atoms with E-state index in [1.165, 1.54) is 5.56 Å². The zero-order chi connectivity index (χ0) is 14.8. The number of aromatic nitrogens is 4. The predicted octanol–water partition coefficient (Wildman–Crippen LogP) is 2.57. The van der Waals surface area contributed by atoms with Crippen molar-refractivity contribution in [2.75, 3.05) is 0 Å². The topological polar surface area (TPSA) is 47.2 Å². The molecule has 1 N–H and O–H groups in total. The van der Waals surface area contributed by atoms with Crippen LogP contribution < -0.4 is 5.32 Å². The van der Waals surface area contributed by atoms with Crippen LogP contribution in [0.1, 0.15) is 23.9 Å². The van der Waals surface area contributed by atoms with Crippen molar-refractivity contribution in [3.63, 3.8) is 0 Å². The normalized spacial score (nSPS) is 11.4. The van der Waals surface area contributed by atoms with Crippen molar-refractivity contribution >= 4 is 17.2 Å². The summed E-state index contributed by atoms with van der Waals surface area (Å²) in [5, 5.41) is 8.57. The minimum atomic E-state index is 0.711. The summed E-state index contributed by atoms with van der Waals surface area (Å²) in [6, 6.07) is 3.77. The molecule has 0 saturated carbocycles. The van der Waals surface area contributed by atoms with Crippen LogP contribution in [0.25, 0.3) is 5.65 Å². The van der Waals surface area contributed by atoms with E-state index in [1.54, 1.807) is 0 Å². The number of nitrogens with zero attached hydrogens (tertiary/aromatic N) is 4. The number of aryl methyl sites for hydroxylation is 2. The smallest absolute Gasteiger partial charge is 0.137 e. The molecule has 0 aliphatic heterocycles. The summed E-state index contributed by atoms with van der Waals surface area (Å²) in [6.07, 6.45) is 6.88. The molecule has 0 amide bonds. The Morgan fingerprint density at radius 2 is 2.05 bits per heavy atom. The number of hydrogen-bond acceptors (Lipinski definition) is 3. The summed E-state index contributed by atoms with van der Waals surface area (Å²) >= 11 is 5.97. The Balaban J connectivity index is 1.66. The molecule has 0 spiro atoms. The number of imidazole rings is 1. The van der Waals surface area contributed by atoms with E-state index in [0.717, 1.165) is 36.5 Å². The Morgan fingerprint density at radius 1 is 1.19 bits per heavy atom. The second-order valence-corrected chi connectivity index (χ2v) is 5.51. The highest BCUT2D eigenvalue weighted by Crippen LogP contribution is 2.12. The van der Waals surface area contributed by atoms with Crippen LogP contribution >= 0.6 is 11.6 Å². The van der Waals surface area contributed by atoms with E-state index in [1.807, 2.05) is 40.7 Å². The van der Waals surface area contributed by atoms with Crippen molar-refractivity contribution in [1.29, 1.82) is 0 Å². The zero-order valence-electron chi connectivity index (χ0n) is 12.2. The third kappa shape index (κ3) is 3.09. The molecule has 3 rings (SSSR count). The standard InChI is InChI=1S/C15H18ClN5/c1-3-14-11(8-20(2)19-14)6-17-7-13-10-21-9-12(16)4-5-15(21)18-13/h4-5,8-10,17H,3,6-7H2,1-2H3. The van der Waals surface area contributed by atoms with E-state index in [-0.39, 0.29) is 0 Å². The van der Waals surface area contributed by atoms with Crippen LogP contribution in [-0.2, 0) is 26.6 Å². The van der Waals surface area contributed by atoms with Gasteiger partial charge in [0.25, 0.3) is 0 Å². The Kier molecular flexibility index (Phi) is 3.94. The zero-order valence-corrected chi connectivity index (χ0v) is 12.9. The summed E-state index contributed by atoms with van der Waals surface area (Å²) in [5.41, 5.74) is 4.30. The van der Waals surface area contributed by atoms with Crippen molar-refractivity contribution in [3.8, 4) is 0 Å². The molecule has 0 unspecified atom stereocenters. The van der Waals surface area contributed by atoms with Gasteiger partial charge in [-0.2, -0.15) is 5.10 Å². The Bertz CT molecular complexity index is 759. The summed E-state index contributed by atoms with van der Waals surface area (Å²) in [6.45, 7) is 3.64. The lowest BCUT2D eigenvalue weighted by Crippen LogP contribution is -2.13. The third-order valence-corrected chi connectivity index (χ3v) is 3.64. The highest BCUT2D eigenvalue weighted by Gasteiger charge is 2.06. The van der Waals surface area contributed by atoms with Crippen LogP contribution in [0.2, 0.25) is 5.02 Å². The van der Waals surface area contributed by atoms with Crippen LogP contribution in [0.5, 0.6) is 0 Å².